The van der Waals surface area contributed by atoms with Crippen molar-refractivity contribution in [3.05, 3.63) is 29.8 Å². The molecule has 0 aliphatic heterocycles. The molecule has 1 atom stereocenters. The quantitative estimate of drug-likeness (QED) is 0.758. The summed E-state index contributed by atoms with van der Waals surface area (Å²) < 4.78 is 27.5. The van der Waals surface area contributed by atoms with Gasteiger partial charge in [-0.05, 0) is 31.7 Å². The van der Waals surface area contributed by atoms with E-state index in [2.05, 4.69) is 18.6 Å². The molecule has 1 rings (SSSR count). The van der Waals surface area contributed by atoms with Crippen molar-refractivity contribution in [1.29, 1.82) is 0 Å². The molecule has 0 fully saturated rings. The monoisotopic (exact) mass is 314 g/mol. The van der Waals surface area contributed by atoms with Gasteiger partial charge in [0.1, 0.15) is 4.99 Å². The second-order valence-electron chi connectivity index (χ2n) is 5.35. The SMILES string of the molecule is CC(C)CCC(C)NS(=O)(=O)c1ccccc1C(N)=S. The van der Waals surface area contributed by atoms with Crippen molar-refractivity contribution in [3.63, 3.8) is 0 Å². The lowest BCUT2D eigenvalue weighted by atomic mass is 10.1. The molecule has 112 valence electrons. The summed E-state index contributed by atoms with van der Waals surface area (Å²) in [5, 5.41) is 0. The van der Waals surface area contributed by atoms with Crippen molar-refractivity contribution in [2.75, 3.05) is 0 Å². The van der Waals surface area contributed by atoms with Crippen molar-refractivity contribution in [2.24, 2.45) is 11.7 Å². The molecule has 0 aliphatic rings. The van der Waals surface area contributed by atoms with Crippen LogP contribution in [0.4, 0.5) is 0 Å². The Labute approximate surface area is 126 Å². The van der Waals surface area contributed by atoms with Gasteiger partial charge in [0.2, 0.25) is 10.0 Å². The third kappa shape index (κ3) is 4.85. The maximum Gasteiger partial charge on any atom is 0.241 e. The first-order chi connectivity index (χ1) is 9.24. The number of nitrogens with two attached hydrogens (primary N) is 1. The maximum atomic E-state index is 12.4. The van der Waals surface area contributed by atoms with Crippen LogP contribution in [-0.2, 0) is 10.0 Å². The average molecular weight is 314 g/mol. The first kappa shape index (κ1) is 17.1. The Morgan fingerprint density at radius 2 is 1.85 bits per heavy atom. The Hall–Kier alpha value is -0.980. The number of hydrogen-bond donors (Lipinski definition) is 2. The number of sulfonamides is 1. The van der Waals surface area contributed by atoms with Crippen LogP contribution in [0.25, 0.3) is 0 Å². The lowest BCUT2D eigenvalue weighted by Gasteiger charge is -2.16. The Kier molecular flexibility index (Phi) is 6.10. The van der Waals surface area contributed by atoms with Crippen LogP contribution in [0.1, 0.15) is 39.2 Å². The van der Waals surface area contributed by atoms with E-state index in [-0.39, 0.29) is 15.9 Å². The summed E-state index contributed by atoms with van der Waals surface area (Å²) in [4.78, 5) is 0.227. The summed E-state index contributed by atoms with van der Waals surface area (Å²) in [7, 11) is -3.60. The second kappa shape index (κ2) is 7.15. The molecule has 0 aromatic heterocycles. The summed E-state index contributed by atoms with van der Waals surface area (Å²) in [5.74, 6) is 0.547. The van der Waals surface area contributed by atoms with E-state index in [1.807, 2.05) is 6.92 Å². The molecule has 0 saturated carbocycles. The first-order valence-electron chi connectivity index (χ1n) is 6.65. The van der Waals surface area contributed by atoms with Crippen molar-refractivity contribution in [3.8, 4) is 0 Å². The van der Waals surface area contributed by atoms with Crippen LogP contribution in [0.3, 0.4) is 0 Å². The van der Waals surface area contributed by atoms with Gasteiger partial charge in [-0.15, -0.1) is 0 Å². The molecular weight excluding hydrogens is 292 g/mol. The van der Waals surface area contributed by atoms with Gasteiger partial charge >= 0.3 is 0 Å². The molecule has 1 aromatic carbocycles. The highest BCUT2D eigenvalue weighted by molar-refractivity contribution is 7.89. The highest BCUT2D eigenvalue weighted by Crippen LogP contribution is 2.17. The Morgan fingerprint density at radius 1 is 1.25 bits per heavy atom. The molecule has 0 aliphatic carbocycles. The molecule has 3 N–H and O–H groups in total. The minimum Gasteiger partial charge on any atom is -0.389 e. The van der Waals surface area contributed by atoms with Crippen molar-refractivity contribution < 1.29 is 8.42 Å². The fourth-order valence-electron chi connectivity index (χ4n) is 1.88. The van der Waals surface area contributed by atoms with Crippen molar-refractivity contribution >= 4 is 27.2 Å². The Bertz CT molecular complexity index is 568. The summed E-state index contributed by atoms with van der Waals surface area (Å²) in [6.45, 7) is 6.09. The van der Waals surface area contributed by atoms with Gasteiger partial charge in [0.15, 0.2) is 0 Å². The molecule has 0 heterocycles. The van der Waals surface area contributed by atoms with Crippen LogP contribution in [0, 0.1) is 5.92 Å². The number of rotatable bonds is 7. The molecule has 0 saturated heterocycles. The maximum absolute atomic E-state index is 12.4. The summed E-state index contributed by atoms with van der Waals surface area (Å²) in [5.41, 5.74) is 5.96. The van der Waals surface area contributed by atoms with Gasteiger partial charge in [0.25, 0.3) is 0 Å². The van der Waals surface area contributed by atoms with E-state index < -0.39 is 10.0 Å². The molecule has 20 heavy (non-hydrogen) atoms. The van der Waals surface area contributed by atoms with Crippen LogP contribution in [0.5, 0.6) is 0 Å². The van der Waals surface area contributed by atoms with Gasteiger partial charge in [-0.2, -0.15) is 0 Å². The Balaban J connectivity index is 2.92. The molecular formula is C14H22N2O2S2. The Morgan fingerprint density at radius 3 is 2.40 bits per heavy atom. The third-order valence-electron chi connectivity index (χ3n) is 2.98. The van der Waals surface area contributed by atoms with Gasteiger partial charge in [-0.3, -0.25) is 0 Å². The van der Waals surface area contributed by atoms with Gasteiger partial charge in [-0.25, -0.2) is 13.1 Å². The number of nitrogens with one attached hydrogen (secondary N) is 1. The van der Waals surface area contributed by atoms with Crippen LogP contribution in [-0.4, -0.2) is 19.4 Å². The predicted octanol–water partition coefficient (Wildman–Crippen LogP) is 2.42. The van der Waals surface area contributed by atoms with Gasteiger partial charge in [0, 0.05) is 11.6 Å². The molecule has 0 amide bonds. The summed E-state index contributed by atoms with van der Waals surface area (Å²) >= 11 is 4.90. The third-order valence-corrected chi connectivity index (χ3v) is 4.84. The normalized spacial score (nSPS) is 13.4. The zero-order valence-electron chi connectivity index (χ0n) is 12.1. The topological polar surface area (TPSA) is 72.2 Å². The standard InChI is InChI=1S/C14H22N2O2S2/c1-10(2)8-9-11(3)16-20(17,18)13-7-5-4-6-12(13)14(15)19/h4-7,10-11,16H,8-9H2,1-3H3,(H2,15,19). The highest BCUT2D eigenvalue weighted by Gasteiger charge is 2.21. The minimum absolute atomic E-state index is 0.0841. The fraction of sp³-hybridized carbons (Fsp3) is 0.500. The zero-order valence-corrected chi connectivity index (χ0v) is 13.7. The summed E-state index contributed by atoms with van der Waals surface area (Å²) in [6.07, 6.45) is 1.77. The van der Waals surface area contributed by atoms with Crippen molar-refractivity contribution in [2.45, 2.75) is 44.6 Å². The van der Waals surface area contributed by atoms with Crippen LogP contribution in [0.15, 0.2) is 29.2 Å². The largest absolute Gasteiger partial charge is 0.389 e. The van der Waals surface area contributed by atoms with E-state index in [4.69, 9.17) is 18.0 Å². The molecule has 0 spiro atoms. The summed E-state index contributed by atoms with van der Waals surface area (Å²) in [6, 6.07) is 6.40. The van der Waals surface area contributed by atoms with Gasteiger partial charge < -0.3 is 5.73 Å². The van der Waals surface area contributed by atoms with Gasteiger partial charge in [0.05, 0.1) is 4.90 Å². The molecule has 0 radical (unpaired) electrons. The molecule has 0 bridgehead atoms. The molecule has 1 unspecified atom stereocenters. The predicted molar refractivity (Wildman–Crippen MR) is 86.2 cm³/mol. The van der Waals surface area contributed by atoms with Crippen LogP contribution in [0.2, 0.25) is 0 Å². The van der Waals surface area contributed by atoms with E-state index in [1.54, 1.807) is 18.2 Å². The number of thiocarbonyl (C=S) groups is 1. The van der Waals surface area contributed by atoms with E-state index in [1.165, 1.54) is 6.07 Å². The van der Waals surface area contributed by atoms with E-state index >= 15 is 0 Å². The lowest BCUT2D eigenvalue weighted by molar-refractivity contribution is 0.485. The molecule has 4 nitrogen and oxygen atoms in total. The number of benzene rings is 1. The second-order valence-corrected chi connectivity index (χ2v) is 7.48. The smallest absolute Gasteiger partial charge is 0.241 e. The first-order valence-corrected chi connectivity index (χ1v) is 8.54. The number of hydrogen-bond acceptors (Lipinski definition) is 3. The van der Waals surface area contributed by atoms with Crippen LogP contribution < -0.4 is 10.5 Å². The highest BCUT2D eigenvalue weighted by atomic mass is 32.2. The van der Waals surface area contributed by atoms with Gasteiger partial charge in [-0.1, -0.05) is 44.3 Å². The van der Waals surface area contributed by atoms with E-state index in [9.17, 15) is 8.42 Å². The van der Waals surface area contributed by atoms with E-state index in [0.717, 1.165) is 12.8 Å². The lowest BCUT2D eigenvalue weighted by Crippen LogP contribution is -2.34. The molecule has 1 aromatic rings. The van der Waals surface area contributed by atoms with Crippen molar-refractivity contribution in [1.82, 2.24) is 4.72 Å². The molecule has 6 heteroatoms. The average Bonchev–Trinajstić information content (AvgIpc) is 2.36. The van der Waals surface area contributed by atoms with Crippen LogP contribution >= 0.6 is 12.2 Å². The van der Waals surface area contributed by atoms with E-state index in [0.29, 0.717) is 11.5 Å². The minimum atomic E-state index is -3.60. The fourth-order valence-corrected chi connectivity index (χ4v) is 3.62. The zero-order chi connectivity index (χ0) is 15.3.